The predicted molar refractivity (Wildman–Crippen MR) is 76.2 cm³/mol. The van der Waals surface area contributed by atoms with E-state index in [9.17, 15) is 0 Å². The highest BCUT2D eigenvalue weighted by molar-refractivity contribution is 5.24. The largest absolute Gasteiger partial charge is 0.466 e. The van der Waals surface area contributed by atoms with Gasteiger partial charge in [0.15, 0.2) is 0 Å². The third-order valence-corrected chi connectivity index (χ3v) is 4.35. The minimum atomic E-state index is 0.351. The van der Waals surface area contributed by atoms with Crippen LogP contribution in [0.3, 0.4) is 0 Å². The third kappa shape index (κ3) is 3.02. The topological polar surface area (TPSA) is 51.6 Å². The zero-order valence-corrected chi connectivity index (χ0v) is 12.5. The maximum Gasteiger partial charge on any atom is 0.105 e. The molecular weight excluding hydrogens is 240 g/mol. The quantitative estimate of drug-likeness (QED) is 0.909. The number of nitrogens with zero attached hydrogens (tertiary/aromatic N) is 1. The second-order valence-electron chi connectivity index (χ2n) is 5.55. The molecule has 0 bridgehead atoms. The van der Waals surface area contributed by atoms with Crippen LogP contribution in [0.5, 0.6) is 0 Å². The molecule has 1 fully saturated rings. The van der Waals surface area contributed by atoms with Crippen molar-refractivity contribution in [3.05, 3.63) is 23.2 Å². The molecule has 2 rings (SSSR count). The molecule has 4 nitrogen and oxygen atoms in total. The van der Waals surface area contributed by atoms with Gasteiger partial charge >= 0.3 is 0 Å². The Kier molecular flexibility index (Phi) is 4.66. The molecule has 1 saturated heterocycles. The summed E-state index contributed by atoms with van der Waals surface area (Å²) in [6.07, 6.45) is 2.45. The molecule has 0 saturated carbocycles. The zero-order chi connectivity index (χ0) is 14.0. The van der Waals surface area contributed by atoms with Crippen molar-refractivity contribution in [3.8, 4) is 0 Å². The molecule has 0 radical (unpaired) electrons. The molecule has 4 heteroatoms. The normalized spacial score (nSPS) is 26.6. The lowest BCUT2D eigenvalue weighted by molar-refractivity contribution is -0.00183. The Morgan fingerprint density at radius 1 is 1.53 bits per heavy atom. The smallest absolute Gasteiger partial charge is 0.105 e. The molecule has 0 spiro atoms. The van der Waals surface area contributed by atoms with E-state index in [0.29, 0.717) is 24.7 Å². The highest BCUT2D eigenvalue weighted by atomic mass is 16.5. The van der Waals surface area contributed by atoms with Crippen LogP contribution in [0.4, 0.5) is 0 Å². The molecule has 0 amide bonds. The summed E-state index contributed by atoms with van der Waals surface area (Å²) in [5, 5.41) is 0. The minimum absolute atomic E-state index is 0.351. The van der Waals surface area contributed by atoms with Crippen LogP contribution in [0.1, 0.15) is 42.9 Å². The van der Waals surface area contributed by atoms with Crippen molar-refractivity contribution >= 4 is 0 Å². The van der Waals surface area contributed by atoms with E-state index in [1.54, 1.807) is 7.11 Å². The lowest BCUT2D eigenvalue weighted by Gasteiger charge is -2.42. The van der Waals surface area contributed by atoms with Crippen molar-refractivity contribution in [2.45, 2.75) is 51.8 Å². The Morgan fingerprint density at radius 2 is 2.26 bits per heavy atom. The van der Waals surface area contributed by atoms with Crippen LogP contribution in [0.2, 0.25) is 0 Å². The van der Waals surface area contributed by atoms with Gasteiger partial charge in [0.2, 0.25) is 0 Å². The van der Waals surface area contributed by atoms with Crippen LogP contribution in [0, 0.1) is 13.8 Å². The fraction of sp³-hybridized carbons (Fsp3) is 0.733. The SMILES string of the molecule is COC1CCN(C(C)c2cc(C)oc2C)C(CN)C1. The first-order valence-electron chi connectivity index (χ1n) is 7.12. The highest BCUT2D eigenvalue weighted by Crippen LogP contribution is 2.31. The first-order valence-corrected chi connectivity index (χ1v) is 7.12. The number of aryl methyl sites for hydroxylation is 2. The van der Waals surface area contributed by atoms with Crippen molar-refractivity contribution in [1.82, 2.24) is 4.90 Å². The molecule has 1 aliphatic heterocycles. The fourth-order valence-corrected chi connectivity index (χ4v) is 3.23. The Labute approximate surface area is 115 Å². The van der Waals surface area contributed by atoms with Crippen LogP contribution in [0.25, 0.3) is 0 Å². The number of piperidine rings is 1. The van der Waals surface area contributed by atoms with Crippen molar-refractivity contribution in [1.29, 1.82) is 0 Å². The maximum atomic E-state index is 5.95. The van der Waals surface area contributed by atoms with Gasteiger partial charge in [0.1, 0.15) is 11.5 Å². The summed E-state index contributed by atoms with van der Waals surface area (Å²) in [6, 6.07) is 2.89. The molecule has 3 unspecified atom stereocenters. The highest BCUT2D eigenvalue weighted by Gasteiger charge is 2.32. The summed E-state index contributed by atoms with van der Waals surface area (Å²) in [5.41, 5.74) is 7.23. The van der Waals surface area contributed by atoms with Gasteiger partial charge < -0.3 is 14.9 Å². The van der Waals surface area contributed by atoms with Crippen LogP contribution < -0.4 is 5.73 Å². The Balaban J connectivity index is 2.14. The molecule has 19 heavy (non-hydrogen) atoms. The summed E-state index contributed by atoms with van der Waals surface area (Å²) in [6.45, 7) is 8.00. The molecule has 108 valence electrons. The van der Waals surface area contributed by atoms with Gasteiger partial charge in [-0.15, -0.1) is 0 Å². The fourth-order valence-electron chi connectivity index (χ4n) is 3.23. The van der Waals surface area contributed by atoms with E-state index >= 15 is 0 Å². The van der Waals surface area contributed by atoms with Gasteiger partial charge in [0, 0.05) is 37.8 Å². The number of ether oxygens (including phenoxy) is 1. The monoisotopic (exact) mass is 266 g/mol. The maximum absolute atomic E-state index is 5.95. The number of furan rings is 1. The van der Waals surface area contributed by atoms with Gasteiger partial charge in [-0.05, 0) is 39.7 Å². The second kappa shape index (κ2) is 6.07. The number of hydrogen-bond acceptors (Lipinski definition) is 4. The van der Waals surface area contributed by atoms with Gasteiger partial charge in [-0.2, -0.15) is 0 Å². The first-order chi connectivity index (χ1) is 9.06. The van der Waals surface area contributed by atoms with Crippen molar-refractivity contribution < 1.29 is 9.15 Å². The second-order valence-corrected chi connectivity index (χ2v) is 5.55. The summed E-state index contributed by atoms with van der Waals surface area (Å²) in [5.74, 6) is 2.00. The number of methoxy groups -OCH3 is 1. The zero-order valence-electron chi connectivity index (χ0n) is 12.5. The van der Waals surface area contributed by atoms with E-state index in [1.807, 2.05) is 13.8 Å². The van der Waals surface area contributed by atoms with E-state index in [-0.39, 0.29) is 0 Å². The summed E-state index contributed by atoms with van der Waals surface area (Å²) in [7, 11) is 1.79. The van der Waals surface area contributed by atoms with Gasteiger partial charge in [-0.25, -0.2) is 0 Å². The first kappa shape index (κ1) is 14.6. The van der Waals surface area contributed by atoms with Crippen LogP contribution in [-0.4, -0.2) is 37.2 Å². The number of nitrogens with two attached hydrogens (primary N) is 1. The number of rotatable bonds is 4. The molecule has 2 heterocycles. The van der Waals surface area contributed by atoms with Gasteiger partial charge in [0.25, 0.3) is 0 Å². The summed E-state index contributed by atoms with van der Waals surface area (Å²) >= 11 is 0. The van der Waals surface area contributed by atoms with Crippen molar-refractivity contribution in [3.63, 3.8) is 0 Å². The van der Waals surface area contributed by atoms with Gasteiger partial charge in [0.05, 0.1) is 6.10 Å². The van der Waals surface area contributed by atoms with E-state index in [1.165, 1.54) is 5.56 Å². The minimum Gasteiger partial charge on any atom is -0.466 e. The molecular formula is C15H26N2O2. The average Bonchev–Trinajstić information content (AvgIpc) is 2.76. The van der Waals surface area contributed by atoms with E-state index in [0.717, 1.165) is 30.9 Å². The Hall–Kier alpha value is -0.840. The average molecular weight is 266 g/mol. The number of hydrogen-bond donors (Lipinski definition) is 1. The molecule has 3 atom stereocenters. The van der Waals surface area contributed by atoms with E-state index < -0.39 is 0 Å². The predicted octanol–water partition coefficient (Wildman–Crippen LogP) is 2.40. The lowest BCUT2D eigenvalue weighted by Crippen LogP contribution is -2.49. The molecule has 1 aliphatic rings. The van der Waals surface area contributed by atoms with Crippen LogP contribution in [0.15, 0.2) is 10.5 Å². The summed E-state index contributed by atoms with van der Waals surface area (Å²) in [4.78, 5) is 2.49. The standard InChI is InChI=1S/C15H26N2O2/c1-10-7-15(12(3)19-10)11(2)17-6-5-14(18-4)8-13(17)9-16/h7,11,13-14H,5-6,8-9,16H2,1-4H3. The molecule has 2 N–H and O–H groups in total. The van der Waals surface area contributed by atoms with Gasteiger partial charge in [-0.3, -0.25) is 4.90 Å². The molecule has 1 aromatic rings. The Bertz CT molecular complexity index is 416. The third-order valence-electron chi connectivity index (χ3n) is 4.35. The van der Waals surface area contributed by atoms with E-state index in [2.05, 4.69) is 17.9 Å². The van der Waals surface area contributed by atoms with Crippen LogP contribution >= 0.6 is 0 Å². The van der Waals surface area contributed by atoms with Crippen LogP contribution in [-0.2, 0) is 4.74 Å². The van der Waals surface area contributed by atoms with Crippen molar-refractivity contribution in [2.24, 2.45) is 5.73 Å². The Morgan fingerprint density at radius 3 is 2.79 bits per heavy atom. The van der Waals surface area contributed by atoms with Crippen molar-refractivity contribution in [2.75, 3.05) is 20.2 Å². The van der Waals surface area contributed by atoms with E-state index in [4.69, 9.17) is 14.9 Å². The lowest BCUT2D eigenvalue weighted by atomic mass is 9.95. The van der Waals surface area contributed by atoms with Gasteiger partial charge in [-0.1, -0.05) is 0 Å². The molecule has 0 aliphatic carbocycles. The summed E-state index contributed by atoms with van der Waals surface area (Å²) < 4.78 is 11.1. The molecule has 1 aromatic heterocycles. The number of likely N-dealkylation sites (tertiary alicyclic amines) is 1. The molecule has 0 aromatic carbocycles.